The predicted molar refractivity (Wildman–Crippen MR) is 66.7 cm³/mol. The largest absolute Gasteiger partial charge is 0.476 e. The first kappa shape index (κ1) is 13.3. The molecular weight excluding hydrogens is 249 g/mol. The molecule has 0 radical (unpaired) electrons. The van der Waals surface area contributed by atoms with Crippen LogP contribution in [0.4, 0.5) is 4.39 Å². The van der Waals surface area contributed by atoms with Gasteiger partial charge in [0, 0.05) is 6.07 Å². The number of benzene rings is 1. The van der Waals surface area contributed by atoms with Gasteiger partial charge in [-0.3, -0.25) is 0 Å². The molecule has 0 bridgehead atoms. The van der Waals surface area contributed by atoms with Crippen LogP contribution in [0.25, 0.3) is 0 Å². The van der Waals surface area contributed by atoms with Gasteiger partial charge in [-0.1, -0.05) is 48.8 Å². The van der Waals surface area contributed by atoms with Crippen molar-refractivity contribution in [3.63, 3.8) is 0 Å². The molecule has 2 aromatic rings. The van der Waals surface area contributed by atoms with Gasteiger partial charge in [-0.25, -0.2) is 9.18 Å². The van der Waals surface area contributed by atoms with Gasteiger partial charge in [0.15, 0.2) is 17.1 Å². The number of carboxylic acids is 1. The molecule has 5 heteroatoms. The van der Waals surface area contributed by atoms with Gasteiger partial charge in [0.1, 0.15) is 0 Å². The van der Waals surface area contributed by atoms with Crippen LogP contribution in [-0.2, 0) is 5.67 Å². The van der Waals surface area contributed by atoms with E-state index < -0.39 is 11.6 Å². The maximum absolute atomic E-state index is 15.2. The number of alkyl halides is 1. The van der Waals surface area contributed by atoms with E-state index in [-0.39, 0.29) is 17.9 Å². The normalized spacial score (nSPS) is 14.0. The Balaban J connectivity index is 2.46. The molecule has 1 unspecified atom stereocenters. The fourth-order valence-corrected chi connectivity index (χ4v) is 2.02. The summed E-state index contributed by atoms with van der Waals surface area (Å²) in [4.78, 5) is 10.8. The van der Waals surface area contributed by atoms with Crippen molar-refractivity contribution < 1.29 is 18.8 Å². The molecule has 0 spiro atoms. The van der Waals surface area contributed by atoms with Crippen molar-refractivity contribution in [2.75, 3.05) is 0 Å². The number of carboxylic acid groups (broad SMARTS) is 1. The third-order valence-corrected chi connectivity index (χ3v) is 2.95. The molecule has 1 aromatic heterocycles. The first-order valence-electron chi connectivity index (χ1n) is 6.03. The van der Waals surface area contributed by atoms with Gasteiger partial charge in [0.25, 0.3) is 0 Å². The standard InChI is InChI=1S/C14H14FNO3/c1-2-8-14(15,10-6-4-3-5-7-10)12-9-11(13(17)18)16-19-12/h3-7,9H,2,8H2,1H3,(H,17,18). The lowest BCUT2D eigenvalue weighted by Crippen LogP contribution is -2.21. The molecule has 0 aliphatic carbocycles. The maximum atomic E-state index is 15.2. The number of halogens is 1. The quantitative estimate of drug-likeness (QED) is 0.898. The Hall–Kier alpha value is -2.17. The van der Waals surface area contributed by atoms with Crippen LogP contribution in [0.15, 0.2) is 40.9 Å². The second-order valence-electron chi connectivity index (χ2n) is 4.30. The fraction of sp³-hybridized carbons (Fsp3) is 0.286. The summed E-state index contributed by atoms with van der Waals surface area (Å²) in [5.41, 5.74) is -1.70. The number of nitrogens with zero attached hydrogens (tertiary/aromatic N) is 1. The van der Waals surface area contributed by atoms with Gasteiger partial charge in [-0.05, 0) is 12.0 Å². The van der Waals surface area contributed by atoms with Crippen LogP contribution in [-0.4, -0.2) is 16.2 Å². The van der Waals surface area contributed by atoms with Crippen molar-refractivity contribution in [2.45, 2.75) is 25.4 Å². The minimum absolute atomic E-state index is 0.0713. The molecule has 0 amide bonds. The minimum atomic E-state index is -1.85. The predicted octanol–water partition coefficient (Wildman–Crippen LogP) is 3.39. The number of carbonyl (C=O) groups is 1. The van der Waals surface area contributed by atoms with Gasteiger partial charge >= 0.3 is 5.97 Å². The Bertz CT molecular complexity index is 567. The molecule has 0 aliphatic rings. The number of aromatic carboxylic acids is 1. The van der Waals surface area contributed by atoms with E-state index >= 15 is 4.39 Å². The van der Waals surface area contributed by atoms with Gasteiger partial charge in [0.2, 0.25) is 0 Å². The molecule has 1 N–H and O–H groups in total. The zero-order valence-electron chi connectivity index (χ0n) is 10.5. The monoisotopic (exact) mass is 263 g/mol. The van der Waals surface area contributed by atoms with Gasteiger partial charge in [-0.15, -0.1) is 0 Å². The second kappa shape index (κ2) is 5.22. The van der Waals surface area contributed by atoms with E-state index in [0.717, 1.165) is 6.07 Å². The molecule has 0 fully saturated rings. The first-order valence-corrected chi connectivity index (χ1v) is 6.03. The van der Waals surface area contributed by atoms with Gasteiger partial charge < -0.3 is 9.63 Å². The van der Waals surface area contributed by atoms with E-state index in [4.69, 9.17) is 9.63 Å². The van der Waals surface area contributed by atoms with Gasteiger partial charge in [0.05, 0.1) is 0 Å². The Morgan fingerprint density at radius 3 is 2.63 bits per heavy atom. The molecule has 0 saturated carbocycles. The molecular formula is C14H14FNO3. The van der Waals surface area contributed by atoms with E-state index in [2.05, 4.69) is 5.16 Å². The molecule has 4 nitrogen and oxygen atoms in total. The third kappa shape index (κ3) is 2.50. The molecule has 0 saturated heterocycles. The molecule has 2 rings (SSSR count). The molecule has 100 valence electrons. The zero-order chi connectivity index (χ0) is 13.9. The lowest BCUT2D eigenvalue weighted by atomic mass is 9.88. The highest BCUT2D eigenvalue weighted by atomic mass is 19.1. The molecule has 1 atom stereocenters. The van der Waals surface area contributed by atoms with Crippen molar-refractivity contribution in [1.29, 1.82) is 0 Å². The number of hydrogen-bond donors (Lipinski definition) is 1. The number of aromatic nitrogens is 1. The summed E-state index contributed by atoms with van der Waals surface area (Å²) in [5, 5.41) is 12.2. The summed E-state index contributed by atoms with van der Waals surface area (Å²) in [6, 6.07) is 9.70. The van der Waals surface area contributed by atoms with E-state index in [1.54, 1.807) is 30.3 Å². The Morgan fingerprint density at radius 1 is 1.42 bits per heavy atom. The fourth-order valence-electron chi connectivity index (χ4n) is 2.02. The highest BCUT2D eigenvalue weighted by Crippen LogP contribution is 2.38. The molecule has 0 aliphatic heterocycles. The van der Waals surface area contributed by atoms with Crippen LogP contribution in [0.5, 0.6) is 0 Å². The third-order valence-electron chi connectivity index (χ3n) is 2.95. The Labute approximate surface area is 109 Å². The Morgan fingerprint density at radius 2 is 2.11 bits per heavy atom. The van der Waals surface area contributed by atoms with E-state index in [1.807, 2.05) is 6.92 Å². The Kier molecular flexibility index (Phi) is 3.64. The van der Waals surface area contributed by atoms with Crippen LogP contribution in [0.1, 0.15) is 41.6 Å². The highest BCUT2D eigenvalue weighted by molar-refractivity contribution is 5.85. The van der Waals surface area contributed by atoms with Crippen LogP contribution < -0.4 is 0 Å². The lowest BCUT2D eigenvalue weighted by Gasteiger charge is -2.22. The summed E-state index contributed by atoms with van der Waals surface area (Å²) in [7, 11) is 0. The van der Waals surface area contributed by atoms with Crippen molar-refractivity contribution in [3.05, 3.63) is 53.4 Å². The molecule has 19 heavy (non-hydrogen) atoms. The average Bonchev–Trinajstić information content (AvgIpc) is 2.90. The summed E-state index contributed by atoms with van der Waals surface area (Å²) in [6.07, 6.45) is 0.791. The number of hydrogen-bond acceptors (Lipinski definition) is 3. The van der Waals surface area contributed by atoms with E-state index in [0.29, 0.717) is 12.0 Å². The summed E-state index contributed by atoms with van der Waals surface area (Å²) in [5.74, 6) is -1.31. The van der Waals surface area contributed by atoms with Crippen LogP contribution in [0, 0.1) is 0 Å². The van der Waals surface area contributed by atoms with Crippen molar-refractivity contribution in [3.8, 4) is 0 Å². The van der Waals surface area contributed by atoms with Crippen molar-refractivity contribution >= 4 is 5.97 Å². The second-order valence-corrected chi connectivity index (χ2v) is 4.30. The molecule has 1 aromatic carbocycles. The van der Waals surface area contributed by atoms with Crippen LogP contribution in [0.3, 0.4) is 0 Å². The zero-order valence-corrected chi connectivity index (χ0v) is 10.5. The summed E-state index contributed by atoms with van der Waals surface area (Å²) in [6.45, 7) is 1.85. The molecule has 1 heterocycles. The lowest BCUT2D eigenvalue weighted by molar-refractivity contribution is 0.0684. The summed E-state index contributed by atoms with van der Waals surface area (Å²) >= 11 is 0. The number of rotatable bonds is 5. The maximum Gasteiger partial charge on any atom is 0.358 e. The van der Waals surface area contributed by atoms with Crippen molar-refractivity contribution in [2.24, 2.45) is 0 Å². The van der Waals surface area contributed by atoms with Gasteiger partial charge in [-0.2, -0.15) is 0 Å². The summed E-state index contributed by atoms with van der Waals surface area (Å²) < 4.78 is 20.1. The van der Waals surface area contributed by atoms with E-state index in [1.165, 1.54) is 0 Å². The highest BCUT2D eigenvalue weighted by Gasteiger charge is 2.38. The minimum Gasteiger partial charge on any atom is -0.476 e. The van der Waals surface area contributed by atoms with E-state index in [9.17, 15) is 4.79 Å². The smallest absolute Gasteiger partial charge is 0.358 e. The topological polar surface area (TPSA) is 63.3 Å². The average molecular weight is 263 g/mol. The van der Waals surface area contributed by atoms with Crippen LogP contribution in [0.2, 0.25) is 0 Å². The van der Waals surface area contributed by atoms with Crippen LogP contribution >= 0.6 is 0 Å². The first-order chi connectivity index (χ1) is 9.08. The SMILES string of the molecule is CCCC(F)(c1ccccc1)c1cc(C(=O)O)no1. The van der Waals surface area contributed by atoms with Crippen molar-refractivity contribution in [1.82, 2.24) is 5.16 Å².